The summed E-state index contributed by atoms with van der Waals surface area (Å²) < 4.78 is 28.4. The molecule has 0 amide bonds. The van der Waals surface area contributed by atoms with E-state index in [9.17, 15) is 13.2 Å². The Kier molecular flexibility index (Phi) is 3.57. The van der Waals surface area contributed by atoms with Crippen molar-refractivity contribution >= 4 is 41.6 Å². The average molecular weight is 356 g/mol. The van der Waals surface area contributed by atoms with Gasteiger partial charge in [0.1, 0.15) is 11.3 Å². The normalized spacial score (nSPS) is 14.8. The first-order valence-electron chi connectivity index (χ1n) is 4.98. The Bertz CT molecular complexity index is 626. The molecule has 0 spiro atoms. The monoisotopic (exact) mass is 354 g/mol. The Morgan fingerprint density at radius 3 is 2.72 bits per heavy atom. The third kappa shape index (κ3) is 2.34. The molecule has 1 aliphatic heterocycles. The Balaban J connectivity index is 2.81. The molecule has 1 aliphatic rings. The number of hydrogen-bond acceptors (Lipinski definition) is 4. The lowest BCUT2D eigenvalue weighted by Crippen LogP contribution is -2.15. The van der Waals surface area contributed by atoms with E-state index in [1.165, 1.54) is 0 Å². The smallest absolute Gasteiger partial charge is 0.339 e. The van der Waals surface area contributed by atoms with E-state index in [-0.39, 0.29) is 20.7 Å². The third-order valence-electron chi connectivity index (χ3n) is 2.59. The predicted octanol–water partition coefficient (Wildman–Crippen LogP) is 2.40. The van der Waals surface area contributed by atoms with Crippen LogP contribution in [0.25, 0.3) is 0 Å². The molecule has 98 valence electrons. The maximum Gasteiger partial charge on any atom is 0.339 e. The predicted molar refractivity (Wildman–Crippen MR) is 68.0 cm³/mol. The van der Waals surface area contributed by atoms with E-state index in [4.69, 9.17) is 20.5 Å². The summed E-state index contributed by atoms with van der Waals surface area (Å²) in [6.07, 6.45) is 1.23. The molecule has 0 aromatic heterocycles. The molecule has 0 unspecified atom stereocenters. The van der Waals surface area contributed by atoms with Crippen molar-refractivity contribution in [3.63, 3.8) is 0 Å². The number of hydrogen-bond donors (Lipinski definition) is 1. The Hall–Kier alpha value is -0.790. The third-order valence-corrected chi connectivity index (χ3v) is 5.10. The number of ether oxygens (including phenoxy) is 1. The number of rotatable bonds is 2. The number of carboxylic acids is 1. The van der Waals surface area contributed by atoms with Crippen molar-refractivity contribution in [2.24, 2.45) is 0 Å². The lowest BCUT2D eigenvalue weighted by atomic mass is 10.0. The zero-order valence-corrected chi connectivity index (χ0v) is 12.1. The lowest BCUT2D eigenvalue weighted by Gasteiger charge is -2.21. The molecular weight excluding hydrogens is 348 g/mol. The van der Waals surface area contributed by atoms with Gasteiger partial charge in [-0.15, -0.1) is 0 Å². The minimum atomic E-state index is -4.02. The molecule has 1 aromatic rings. The van der Waals surface area contributed by atoms with Crippen LogP contribution in [0, 0.1) is 0 Å². The summed E-state index contributed by atoms with van der Waals surface area (Å²) in [6, 6.07) is 1.01. The lowest BCUT2D eigenvalue weighted by molar-refractivity contribution is 0.0690. The van der Waals surface area contributed by atoms with Gasteiger partial charge in [0.15, 0.2) is 0 Å². The molecule has 0 saturated heterocycles. The van der Waals surface area contributed by atoms with Crippen LogP contribution in [0.4, 0.5) is 0 Å². The van der Waals surface area contributed by atoms with Crippen LogP contribution in [0.15, 0.2) is 15.4 Å². The minimum absolute atomic E-state index is 0.188. The summed E-state index contributed by atoms with van der Waals surface area (Å²) in [5, 5.41) is 9.09. The fourth-order valence-electron chi connectivity index (χ4n) is 1.82. The van der Waals surface area contributed by atoms with Gasteiger partial charge in [-0.25, -0.2) is 13.2 Å². The Labute approximate surface area is 116 Å². The van der Waals surface area contributed by atoms with Gasteiger partial charge >= 0.3 is 5.97 Å². The van der Waals surface area contributed by atoms with Crippen LogP contribution < -0.4 is 4.74 Å². The maximum atomic E-state index is 11.4. The number of fused-ring (bicyclic) bond motifs is 1. The second-order valence-corrected chi connectivity index (χ2v) is 7.07. The first kappa shape index (κ1) is 13.6. The maximum absolute atomic E-state index is 11.4. The highest BCUT2D eigenvalue weighted by Crippen LogP contribution is 2.40. The molecule has 18 heavy (non-hydrogen) atoms. The molecule has 0 aliphatic carbocycles. The van der Waals surface area contributed by atoms with E-state index in [1.54, 1.807) is 0 Å². The van der Waals surface area contributed by atoms with Gasteiger partial charge in [-0.1, -0.05) is 0 Å². The SMILES string of the molecule is O=C(O)c1cc(S(=O)(=O)Cl)c(Br)c2c1OCCC2. The summed E-state index contributed by atoms with van der Waals surface area (Å²) >= 11 is 3.15. The van der Waals surface area contributed by atoms with E-state index in [0.717, 1.165) is 6.07 Å². The van der Waals surface area contributed by atoms with Crippen molar-refractivity contribution in [3.8, 4) is 5.75 Å². The van der Waals surface area contributed by atoms with Crippen molar-refractivity contribution in [2.75, 3.05) is 6.61 Å². The number of halogens is 2. The minimum Gasteiger partial charge on any atom is -0.492 e. The fourth-order valence-corrected chi connectivity index (χ4v) is 4.19. The highest BCUT2D eigenvalue weighted by molar-refractivity contribution is 9.10. The van der Waals surface area contributed by atoms with Crippen molar-refractivity contribution in [1.82, 2.24) is 0 Å². The summed E-state index contributed by atoms with van der Waals surface area (Å²) in [4.78, 5) is 10.9. The van der Waals surface area contributed by atoms with Crippen molar-refractivity contribution in [1.29, 1.82) is 0 Å². The van der Waals surface area contributed by atoms with Gasteiger partial charge < -0.3 is 9.84 Å². The number of aromatic carboxylic acids is 1. The highest BCUT2D eigenvalue weighted by atomic mass is 79.9. The van der Waals surface area contributed by atoms with Gasteiger partial charge in [-0.3, -0.25) is 0 Å². The van der Waals surface area contributed by atoms with E-state index in [0.29, 0.717) is 25.0 Å². The molecule has 0 radical (unpaired) electrons. The largest absolute Gasteiger partial charge is 0.492 e. The molecule has 0 bridgehead atoms. The van der Waals surface area contributed by atoms with E-state index >= 15 is 0 Å². The number of carbonyl (C=O) groups is 1. The van der Waals surface area contributed by atoms with E-state index in [1.807, 2.05) is 0 Å². The second kappa shape index (κ2) is 4.71. The molecule has 0 fully saturated rings. The van der Waals surface area contributed by atoms with Crippen LogP contribution in [-0.2, 0) is 15.5 Å². The quantitative estimate of drug-likeness (QED) is 0.824. The topological polar surface area (TPSA) is 80.7 Å². The van der Waals surface area contributed by atoms with Gasteiger partial charge in [0.2, 0.25) is 0 Å². The first-order valence-corrected chi connectivity index (χ1v) is 8.08. The van der Waals surface area contributed by atoms with Gasteiger partial charge in [0.05, 0.1) is 11.5 Å². The first-order chi connectivity index (χ1) is 8.32. The zero-order valence-electron chi connectivity index (χ0n) is 8.94. The van der Waals surface area contributed by atoms with Crippen molar-refractivity contribution < 1.29 is 23.1 Å². The summed E-state index contributed by atoms with van der Waals surface area (Å²) in [7, 11) is 1.27. The molecule has 8 heteroatoms. The zero-order chi connectivity index (χ0) is 13.5. The van der Waals surface area contributed by atoms with Crippen molar-refractivity contribution in [2.45, 2.75) is 17.7 Å². The van der Waals surface area contributed by atoms with Crippen LogP contribution >= 0.6 is 26.6 Å². The molecule has 1 N–H and O–H groups in total. The Morgan fingerprint density at radius 2 is 2.17 bits per heavy atom. The molecule has 0 atom stereocenters. The van der Waals surface area contributed by atoms with Crippen molar-refractivity contribution in [3.05, 3.63) is 21.7 Å². The standard InChI is InChI=1S/C10H8BrClO5S/c11-8-5-2-1-3-17-9(5)6(10(13)14)4-7(8)18(12,15)16/h4H,1-3H2,(H,13,14). The molecule has 2 rings (SSSR count). The Morgan fingerprint density at radius 1 is 1.50 bits per heavy atom. The van der Waals surface area contributed by atoms with E-state index in [2.05, 4.69) is 15.9 Å². The molecule has 0 saturated carbocycles. The van der Waals surface area contributed by atoms with Crippen LogP contribution in [0.2, 0.25) is 0 Å². The van der Waals surface area contributed by atoms with Crippen LogP contribution in [0.5, 0.6) is 5.75 Å². The van der Waals surface area contributed by atoms with Gasteiger partial charge in [-0.2, -0.15) is 0 Å². The molecule has 1 heterocycles. The van der Waals surface area contributed by atoms with E-state index < -0.39 is 15.0 Å². The second-order valence-electron chi connectivity index (χ2n) is 3.74. The fraction of sp³-hybridized carbons (Fsp3) is 0.300. The highest BCUT2D eigenvalue weighted by Gasteiger charge is 2.28. The summed E-state index contributed by atoms with van der Waals surface area (Å²) in [5.74, 6) is -1.04. The van der Waals surface area contributed by atoms with Gasteiger partial charge in [0, 0.05) is 20.7 Å². The molecule has 1 aromatic carbocycles. The van der Waals surface area contributed by atoms with Crippen LogP contribution in [-0.4, -0.2) is 26.1 Å². The molecule has 5 nitrogen and oxygen atoms in total. The summed E-state index contributed by atoms with van der Waals surface area (Å²) in [6.45, 7) is 0.409. The van der Waals surface area contributed by atoms with Crippen LogP contribution in [0.3, 0.4) is 0 Å². The number of benzene rings is 1. The summed E-state index contributed by atoms with van der Waals surface area (Å²) in [5.41, 5.74) is 0.340. The van der Waals surface area contributed by atoms with Gasteiger partial charge in [0.25, 0.3) is 9.05 Å². The molecular formula is C10H8BrClO5S. The van der Waals surface area contributed by atoms with Gasteiger partial charge in [-0.05, 0) is 34.8 Å². The number of carboxylic acid groups (broad SMARTS) is 1. The average Bonchev–Trinajstić information content (AvgIpc) is 2.27. The van der Waals surface area contributed by atoms with Crippen LogP contribution in [0.1, 0.15) is 22.3 Å².